The first-order valence-corrected chi connectivity index (χ1v) is 8.92. The molecule has 0 saturated carbocycles. The molecule has 1 aromatic rings. The van der Waals surface area contributed by atoms with Gasteiger partial charge in [0.05, 0.1) is 12.4 Å². The highest BCUT2D eigenvalue weighted by Gasteiger charge is 2.37. The summed E-state index contributed by atoms with van der Waals surface area (Å²) < 4.78 is 0. The first-order valence-electron chi connectivity index (χ1n) is 8.92. The fourth-order valence-electron chi connectivity index (χ4n) is 3.24. The van der Waals surface area contributed by atoms with Crippen LogP contribution in [0.3, 0.4) is 0 Å². The van der Waals surface area contributed by atoms with Crippen molar-refractivity contribution in [3.63, 3.8) is 0 Å². The fraction of sp³-hybridized carbons (Fsp3) is 0.647. The van der Waals surface area contributed by atoms with Gasteiger partial charge in [-0.1, -0.05) is 13.8 Å². The number of nitrogens with zero attached hydrogens (tertiary/aromatic N) is 2. The number of amides is 3. The molecule has 3 amide bonds. The molecule has 2 rings (SSSR count). The molecule has 1 aliphatic rings. The van der Waals surface area contributed by atoms with Crippen molar-refractivity contribution in [2.45, 2.75) is 57.7 Å². The minimum absolute atomic E-state index is 0.237. The van der Waals surface area contributed by atoms with E-state index in [-0.39, 0.29) is 24.2 Å². The molecule has 9 heteroatoms. The smallest absolute Gasteiger partial charge is 0.246 e. The number of H-pyrrole nitrogens is 1. The van der Waals surface area contributed by atoms with Gasteiger partial charge in [-0.15, -0.1) is 0 Å². The lowest BCUT2D eigenvalue weighted by Gasteiger charge is -2.28. The molecule has 3 atom stereocenters. The van der Waals surface area contributed by atoms with E-state index >= 15 is 0 Å². The second kappa shape index (κ2) is 8.79. The topological polar surface area (TPSA) is 147 Å². The maximum atomic E-state index is 13.0. The highest BCUT2D eigenvalue weighted by Crippen LogP contribution is 2.19. The van der Waals surface area contributed by atoms with Crippen LogP contribution in [0.1, 0.15) is 38.8 Å². The van der Waals surface area contributed by atoms with Gasteiger partial charge in [0, 0.05) is 24.9 Å². The lowest BCUT2D eigenvalue weighted by atomic mass is 10.0. The van der Waals surface area contributed by atoms with Crippen LogP contribution >= 0.6 is 0 Å². The minimum Gasteiger partial charge on any atom is -0.368 e. The van der Waals surface area contributed by atoms with Crippen LogP contribution in [0.15, 0.2) is 12.5 Å². The summed E-state index contributed by atoms with van der Waals surface area (Å²) in [6, 6.07) is -2.16. The number of nitrogens with one attached hydrogen (secondary N) is 2. The van der Waals surface area contributed by atoms with Gasteiger partial charge in [-0.3, -0.25) is 14.4 Å². The van der Waals surface area contributed by atoms with Crippen molar-refractivity contribution in [2.24, 2.45) is 17.4 Å². The molecule has 26 heavy (non-hydrogen) atoms. The van der Waals surface area contributed by atoms with E-state index < -0.39 is 24.0 Å². The van der Waals surface area contributed by atoms with E-state index in [9.17, 15) is 14.4 Å². The van der Waals surface area contributed by atoms with Crippen LogP contribution in [0.2, 0.25) is 0 Å². The van der Waals surface area contributed by atoms with Gasteiger partial charge in [0.15, 0.2) is 0 Å². The van der Waals surface area contributed by atoms with E-state index in [1.165, 1.54) is 11.2 Å². The molecular weight excluding hydrogens is 336 g/mol. The molecule has 1 aliphatic heterocycles. The van der Waals surface area contributed by atoms with Crippen LogP contribution in [0.4, 0.5) is 0 Å². The quantitative estimate of drug-likeness (QED) is 0.481. The zero-order chi connectivity index (χ0) is 19.3. The van der Waals surface area contributed by atoms with Gasteiger partial charge in [0.2, 0.25) is 17.7 Å². The molecule has 0 unspecified atom stereocenters. The van der Waals surface area contributed by atoms with Crippen LogP contribution in [0.5, 0.6) is 0 Å². The van der Waals surface area contributed by atoms with Crippen LogP contribution in [-0.2, 0) is 20.8 Å². The Morgan fingerprint density at radius 3 is 2.73 bits per heavy atom. The van der Waals surface area contributed by atoms with Crippen LogP contribution in [0.25, 0.3) is 0 Å². The van der Waals surface area contributed by atoms with Crippen molar-refractivity contribution in [2.75, 3.05) is 6.54 Å². The monoisotopic (exact) mass is 364 g/mol. The third-order valence-electron chi connectivity index (χ3n) is 4.52. The normalized spacial score (nSPS) is 19.4. The fourth-order valence-corrected chi connectivity index (χ4v) is 3.24. The number of imidazole rings is 1. The summed E-state index contributed by atoms with van der Waals surface area (Å²) in [6.07, 6.45) is 5.10. The third-order valence-corrected chi connectivity index (χ3v) is 4.52. The van der Waals surface area contributed by atoms with E-state index in [1.54, 1.807) is 6.20 Å². The van der Waals surface area contributed by atoms with Crippen LogP contribution in [0, 0.1) is 5.92 Å². The number of likely N-dealkylation sites (tertiary alicyclic amines) is 1. The average Bonchev–Trinajstić information content (AvgIpc) is 3.24. The summed E-state index contributed by atoms with van der Waals surface area (Å²) in [5.41, 5.74) is 12.1. The maximum Gasteiger partial charge on any atom is 0.246 e. The van der Waals surface area contributed by atoms with Crippen molar-refractivity contribution in [3.05, 3.63) is 18.2 Å². The van der Waals surface area contributed by atoms with E-state index in [0.29, 0.717) is 31.5 Å². The summed E-state index contributed by atoms with van der Waals surface area (Å²) in [5.74, 6) is -0.980. The Balaban J connectivity index is 2.13. The molecule has 0 aliphatic carbocycles. The Hall–Kier alpha value is -2.42. The number of hydrogen-bond acceptors (Lipinski definition) is 5. The van der Waals surface area contributed by atoms with Gasteiger partial charge in [0.1, 0.15) is 12.1 Å². The van der Waals surface area contributed by atoms with Gasteiger partial charge < -0.3 is 26.7 Å². The Labute approximate surface area is 152 Å². The highest BCUT2D eigenvalue weighted by molar-refractivity contribution is 5.93. The molecule has 9 nitrogen and oxygen atoms in total. The summed E-state index contributed by atoms with van der Waals surface area (Å²) in [6.45, 7) is 4.39. The predicted molar refractivity (Wildman–Crippen MR) is 95.6 cm³/mol. The zero-order valence-corrected chi connectivity index (χ0v) is 15.3. The maximum absolute atomic E-state index is 13.0. The van der Waals surface area contributed by atoms with E-state index in [0.717, 1.165) is 0 Å². The number of aromatic nitrogens is 2. The van der Waals surface area contributed by atoms with Crippen LogP contribution in [-0.4, -0.2) is 57.3 Å². The number of rotatable bonds is 8. The summed E-state index contributed by atoms with van der Waals surface area (Å²) in [7, 11) is 0. The third kappa shape index (κ3) is 5.04. The molecule has 1 fully saturated rings. The zero-order valence-electron chi connectivity index (χ0n) is 15.3. The Morgan fingerprint density at radius 1 is 1.42 bits per heavy atom. The number of hydrogen-bond donors (Lipinski definition) is 4. The first kappa shape index (κ1) is 19.9. The van der Waals surface area contributed by atoms with E-state index in [1.807, 2.05) is 13.8 Å². The van der Waals surface area contributed by atoms with E-state index in [4.69, 9.17) is 11.5 Å². The van der Waals surface area contributed by atoms with Crippen LogP contribution < -0.4 is 16.8 Å². The molecule has 6 N–H and O–H groups in total. The summed E-state index contributed by atoms with van der Waals surface area (Å²) >= 11 is 0. The Kier molecular flexibility index (Phi) is 6.73. The van der Waals surface area contributed by atoms with Crippen molar-refractivity contribution in [1.29, 1.82) is 0 Å². The minimum atomic E-state index is -0.832. The molecule has 0 spiro atoms. The van der Waals surface area contributed by atoms with E-state index in [2.05, 4.69) is 15.3 Å². The lowest BCUT2D eigenvalue weighted by molar-refractivity contribution is -0.140. The Bertz CT molecular complexity index is 630. The second-order valence-electron chi connectivity index (χ2n) is 7.17. The number of carbonyl (C=O) groups is 3. The van der Waals surface area contributed by atoms with Crippen molar-refractivity contribution >= 4 is 17.7 Å². The first-order chi connectivity index (χ1) is 12.3. The van der Waals surface area contributed by atoms with Crippen molar-refractivity contribution in [3.8, 4) is 0 Å². The van der Waals surface area contributed by atoms with Gasteiger partial charge in [-0.05, 0) is 25.2 Å². The molecule has 2 heterocycles. The SMILES string of the molecule is CC(C)C[C@H](N)C(=O)N[C@@H](Cc1cnc[nH]1)C(=O)N1CCC[C@H]1C(N)=O. The highest BCUT2D eigenvalue weighted by atomic mass is 16.2. The Morgan fingerprint density at radius 2 is 2.15 bits per heavy atom. The largest absolute Gasteiger partial charge is 0.368 e. The van der Waals surface area contributed by atoms with Gasteiger partial charge >= 0.3 is 0 Å². The summed E-state index contributed by atoms with van der Waals surface area (Å²) in [5, 5.41) is 2.74. The average molecular weight is 364 g/mol. The number of carbonyl (C=O) groups excluding carboxylic acids is 3. The van der Waals surface area contributed by atoms with Gasteiger partial charge in [0.25, 0.3) is 0 Å². The van der Waals surface area contributed by atoms with Crippen molar-refractivity contribution < 1.29 is 14.4 Å². The predicted octanol–water partition coefficient (Wildman–Crippen LogP) is -0.713. The number of nitrogens with two attached hydrogens (primary N) is 2. The van der Waals surface area contributed by atoms with Crippen molar-refractivity contribution in [1.82, 2.24) is 20.2 Å². The number of aromatic amines is 1. The lowest BCUT2D eigenvalue weighted by Crippen LogP contribution is -2.56. The summed E-state index contributed by atoms with van der Waals surface area (Å²) in [4.78, 5) is 45.4. The molecule has 1 saturated heterocycles. The van der Waals surface area contributed by atoms with Gasteiger partial charge in [-0.2, -0.15) is 0 Å². The van der Waals surface area contributed by atoms with Gasteiger partial charge in [-0.25, -0.2) is 4.98 Å². The number of primary amides is 1. The molecule has 1 aromatic heterocycles. The molecule has 0 radical (unpaired) electrons. The molecular formula is C17H28N6O3. The molecule has 0 bridgehead atoms. The molecule has 144 valence electrons. The standard InChI is InChI=1S/C17H28N6O3/c1-10(2)6-12(18)16(25)22-13(7-11-8-20-9-21-11)17(26)23-5-3-4-14(23)15(19)24/h8-10,12-14H,3-7,18H2,1-2H3,(H2,19,24)(H,20,21)(H,22,25)/t12-,13-,14-/m0/s1. The second-order valence-corrected chi connectivity index (χ2v) is 7.17. The molecule has 0 aromatic carbocycles.